The molecule has 12 heteroatoms. The molecule has 0 aliphatic heterocycles. The van der Waals surface area contributed by atoms with Gasteiger partial charge in [0.2, 0.25) is 5.78 Å². The number of aromatic hydroxyl groups is 1. The summed E-state index contributed by atoms with van der Waals surface area (Å²) in [5.41, 5.74) is 4.29. The molecule has 2 aromatic rings. The quantitative estimate of drug-likeness (QED) is 0.315. The van der Waals surface area contributed by atoms with Crippen LogP contribution in [0.25, 0.3) is 5.76 Å². The van der Waals surface area contributed by atoms with Crippen molar-refractivity contribution in [2.24, 2.45) is 17.6 Å². The Kier molecular flexibility index (Phi) is 6.74. The number of hydrogen-bond donors (Lipinski definition) is 5. The number of carbonyl (C=O) groups excluding carboxylic acids is 3. The maximum atomic E-state index is 14.1. The molecule has 218 valence electrons. The van der Waals surface area contributed by atoms with Crippen molar-refractivity contribution in [3.63, 3.8) is 0 Å². The minimum Gasteiger partial charge on any atom is -0.508 e. The summed E-state index contributed by atoms with van der Waals surface area (Å²) in [7, 11) is 6.78. The first kappa shape index (κ1) is 28.4. The Bertz CT molecular complexity index is 1550. The zero-order valence-corrected chi connectivity index (χ0v) is 23.6. The molecular weight excluding hydrogens is 532 g/mol. The Labute approximate surface area is 236 Å². The molecule has 4 unspecified atom stereocenters. The van der Waals surface area contributed by atoms with E-state index >= 15 is 0 Å². The van der Waals surface area contributed by atoms with Gasteiger partial charge in [-0.1, -0.05) is 0 Å². The van der Waals surface area contributed by atoms with E-state index in [4.69, 9.17) is 10.2 Å². The number of phenolic OH excluding ortho intramolecular Hbond substituents is 1. The minimum atomic E-state index is -2.68. The summed E-state index contributed by atoms with van der Waals surface area (Å²) in [5.74, 6) is -6.22. The predicted molar refractivity (Wildman–Crippen MR) is 147 cm³/mol. The number of nitrogens with zero attached hydrogens (tertiary/aromatic N) is 3. The average Bonchev–Trinajstić information content (AvgIpc) is 3.30. The van der Waals surface area contributed by atoms with E-state index in [1.54, 1.807) is 21.0 Å². The van der Waals surface area contributed by atoms with Gasteiger partial charge in [-0.15, -0.1) is 0 Å². The fraction of sp³-hybridized carbons (Fsp3) is 0.448. The molecule has 1 fully saturated rings. The smallest absolute Gasteiger partial charge is 0.255 e. The molecule has 1 saturated carbocycles. The second-order valence-electron chi connectivity index (χ2n) is 11.5. The molecule has 1 aromatic heterocycles. The molecule has 3 aliphatic carbocycles. The summed E-state index contributed by atoms with van der Waals surface area (Å²) in [4.78, 5) is 47.1. The van der Waals surface area contributed by atoms with E-state index in [2.05, 4.69) is 4.98 Å². The topological polar surface area (TPSA) is 191 Å². The zero-order chi connectivity index (χ0) is 30.1. The third-order valence-electron chi connectivity index (χ3n) is 8.53. The summed E-state index contributed by atoms with van der Waals surface area (Å²) in [6, 6.07) is 0.694. The Morgan fingerprint density at radius 1 is 1.17 bits per heavy atom. The van der Waals surface area contributed by atoms with Crippen LogP contribution in [0.5, 0.6) is 5.75 Å². The van der Waals surface area contributed by atoms with Gasteiger partial charge in [0.15, 0.2) is 17.3 Å². The molecule has 3 aliphatic rings. The third-order valence-corrected chi connectivity index (χ3v) is 8.53. The van der Waals surface area contributed by atoms with E-state index in [0.717, 1.165) is 11.4 Å². The van der Waals surface area contributed by atoms with Crippen molar-refractivity contribution in [2.45, 2.75) is 44.2 Å². The lowest BCUT2D eigenvalue weighted by Crippen LogP contribution is -2.65. The van der Waals surface area contributed by atoms with Crippen molar-refractivity contribution < 1.29 is 39.2 Å². The molecule has 41 heavy (non-hydrogen) atoms. The molecule has 6 N–H and O–H groups in total. The Morgan fingerprint density at radius 2 is 1.85 bits per heavy atom. The first-order valence-electron chi connectivity index (χ1n) is 13.3. The van der Waals surface area contributed by atoms with E-state index in [1.165, 1.54) is 11.2 Å². The molecule has 5 rings (SSSR count). The minimum absolute atomic E-state index is 0.0324. The zero-order valence-electron chi connectivity index (χ0n) is 23.6. The predicted octanol–water partition coefficient (Wildman–Crippen LogP) is 1.11. The van der Waals surface area contributed by atoms with Gasteiger partial charge >= 0.3 is 0 Å². The number of phenols is 1. The number of hydrogen-bond acceptors (Lipinski definition) is 11. The highest BCUT2D eigenvalue weighted by Gasteiger charge is 2.64. The molecular formula is C29H34N4O8. The molecule has 1 aromatic carbocycles. The fourth-order valence-corrected chi connectivity index (χ4v) is 6.69. The number of amides is 1. The summed E-state index contributed by atoms with van der Waals surface area (Å²) < 4.78 is 5.43. The van der Waals surface area contributed by atoms with Gasteiger partial charge in [0, 0.05) is 37.7 Å². The van der Waals surface area contributed by atoms with Crippen LogP contribution < -0.4 is 10.6 Å². The monoisotopic (exact) mass is 566 g/mol. The summed E-state index contributed by atoms with van der Waals surface area (Å²) in [6.07, 6.45) is 2.48. The summed E-state index contributed by atoms with van der Waals surface area (Å²) >= 11 is 0. The Hall–Kier alpha value is -4.16. The van der Waals surface area contributed by atoms with Crippen molar-refractivity contribution in [1.82, 2.24) is 9.88 Å². The highest BCUT2D eigenvalue weighted by molar-refractivity contribution is 6.24. The number of ketones is 2. The number of fused-ring (bicyclic) bond motifs is 3. The van der Waals surface area contributed by atoms with E-state index in [9.17, 15) is 34.8 Å². The first-order chi connectivity index (χ1) is 19.2. The number of Topliss-reactive ketones (excluding diaryl/α,β-unsaturated/α-hetero) is 2. The van der Waals surface area contributed by atoms with Crippen molar-refractivity contribution in [2.75, 3.05) is 33.1 Å². The molecule has 1 heterocycles. The summed E-state index contributed by atoms with van der Waals surface area (Å²) in [5, 5.41) is 45.8. The molecule has 4 atom stereocenters. The second-order valence-corrected chi connectivity index (χ2v) is 11.5. The lowest BCUT2D eigenvalue weighted by molar-refractivity contribution is -0.153. The van der Waals surface area contributed by atoms with Crippen molar-refractivity contribution >= 4 is 28.9 Å². The number of rotatable bonds is 6. The number of aliphatic hydroxyl groups excluding tert-OH is 2. The second kappa shape index (κ2) is 9.74. The van der Waals surface area contributed by atoms with Gasteiger partial charge in [-0.25, -0.2) is 4.98 Å². The van der Waals surface area contributed by atoms with E-state index < -0.39 is 58.0 Å². The van der Waals surface area contributed by atoms with Gasteiger partial charge < -0.3 is 35.5 Å². The number of likely N-dealkylation sites (N-methyl/N-ethyl adjacent to an activating group) is 1. The lowest BCUT2D eigenvalue weighted by Gasteiger charge is -2.50. The average molecular weight is 567 g/mol. The maximum absolute atomic E-state index is 14.1. The third kappa shape index (κ3) is 4.12. The highest BCUT2D eigenvalue weighted by atomic mass is 16.4. The first-order valence-corrected chi connectivity index (χ1v) is 13.3. The molecule has 0 saturated heterocycles. The number of benzene rings is 1. The van der Waals surface area contributed by atoms with Crippen molar-refractivity contribution in [3.8, 4) is 5.75 Å². The van der Waals surface area contributed by atoms with Gasteiger partial charge in [0.25, 0.3) is 5.91 Å². The van der Waals surface area contributed by atoms with Crippen LogP contribution in [0.15, 0.2) is 33.7 Å². The van der Waals surface area contributed by atoms with Gasteiger partial charge in [-0.2, -0.15) is 0 Å². The van der Waals surface area contributed by atoms with Gasteiger partial charge in [-0.3, -0.25) is 19.3 Å². The van der Waals surface area contributed by atoms with Gasteiger partial charge in [0.1, 0.15) is 29.1 Å². The van der Waals surface area contributed by atoms with Crippen LogP contribution in [0.3, 0.4) is 0 Å². The van der Waals surface area contributed by atoms with Crippen LogP contribution in [-0.4, -0.2) is 87.6 Å². The molecule has 0 bridgehead atoms. The van der Waals surface area contributed by atoms with Crippen molar-refractivity contribution in [1.29, 1.82) is 0 Å². The van der Waals surface area contributed by atoms with Crippen LogP contribution in [0.1, 0.15) is 34.7 Å². The number of carbonyl (C=O) groups is 3. The largest absolute Gasteiger partial charge is 0.508 e. The van der Waals surface area contributed by atoms with E-state index in [-0.39, 0.29) is 29.7 Å². The van der Waals surface area contributed by atoms with E-state index in [1.807, 2.05) is 25.1 Å². The lowest BCUT2D eigenvalue weighted by atomic mass is 9.57. The number of aromatic nitrogens is 1. The van der Waals surface area contributed by atoms with Gasteiger partial charge in [-0.05, 0) is 63.4 Å². The van der Waals surface area contributed by atoms with Crippen molar-refractivity contribution in [3.05, 3.63) is 57.5 Å². The number of aryl methyl sites for hydroxylation is 3. The van der Waals surface area contributed by atoms with Crippen LogP contribution in [-0.2, 0) is 33.6 Å². The Morgan fingerprint density at radius 3 is 2.41 bits per heavy atom. The Balaban J connectivity index is 1.67. The highest BCUT2D eigenvalue weighted by Crippen LogP contribution is 2.54. The number of anilines is 1. The number of oxazole rings is 1. The molecule has 0 spiro atoms. The SMILES string of the molecule is Cc1coc(CCc2cc(N(C)C)c3c(c2O)C(O)=C2C(=O)C4(O)C(O)=C(C(N)=O)C(=O)C(N(C)C)C4CC2C3)n1. The van der Waals surface area contributed by atoms with Crippen LogP contribution >= 0.6 is 0 Å². The van der Waals surface area contributed by atoms with Crippen LogP contribution in [0.4, 0.5) is 5.69 Å². The van der Waals surface area contributed by atoms with Crippen LogP contribution in [0.2, 0.25) is 0 Å². The number of nitrogens with two attached hydrogens (primary N) is 1. The fourth-order valence-electron chi connectivity index (χ4n) is 6.69. The maximum Gasteiger partial charge on any atom is 0.255 e. The number of primary amides is 1. The van der Waals surface area contributed by atoms with Crippen LogP contribution in [0, 0.1) is 18.8 Å². The molecule has 12 nitrogen and oxygen atoms in total. The van der Waals surface area contributed by atoms with Gasteiger partial charge in [0.05, 0.1) is 17.3 Å². The number of aliphatic hydroxyl groups is 3. The molecule has 0 radical (unpaired) electrons. The normalized spacial score (nSPS) is 25.8. The standard InChI is InChI=1S/C29H34N4O8/c1-12-11-41-18(31-12)7-6-13-10-17(32(2)3)15-8-14-9-16-22(33(4)5)25(36)21(28(30)39)27(38)29(16,40)26(37)19(14)24(35)20(15)23(13)34/h10-11,14,16,22,34-35,38,40H,6-9H2,1-5H3,(H2,30,39). The summed E-state index contributed by atoms with van der Waals surface area (Å²) in [6.45, 7) is 1.80. The van der Waals surface area contributed by atoms with E-state index in [0.29, 0.717) is 29.9 Å². The molecule has 1 amide bonds.